The summed E-state index contributed by atoms with van der Waals surface area (Å²) in [5, 5.41) is 2.70. The van der Waals surface area contributed by atoms with E-state index in [4.69, 9.17) is 10.5 Å². The maximum atomic E-state index is 12.3. The fourth-order valence-electron chi connectivity index (χ4n) is 5.10. The predicted octanol–water partition coefficient (Wildman–Crippen LogP) is 3.09. The molecule has 4 rings (SSSR count). The van der Waals surface area contributed by atoms with E-state index in [9.17, 15) is 9.59 Å². The number of rotatable bonds is 8. The first-order valence-electron chi connectivity index (χ1n) is 11.9. The summed E-state index contributed by atoms with van der Waals surface area (Å²) >= 11 is 0. The smallest absolute Gasteiger partial charge is 0.414 e. The average Bonchev–Trinajstić information content (AvgIpc) is 3.07. The molecule has 1 aliphatic carbocycles. The second kappa shape index (κ2) is 9.25. The van der Waals surface area contributed by atoms with E-state index in [-0.39, 0.29) is 23.0 Å². The molecule has 1 aromatic carbocycles. The van der Waals surface area contributed by atoms with Crippen LogP contribution in [0.2, 0.25) is 0 Å². The summed E-state index contributed by atoms with van der Waals surface area (Å²) in [6.45, 7) is 9.88. The SMILES string of the molecule is C/C=N\C(=C/C/C(C)=C\C)N1C[C@@]2(N)C[C@@]2(c2ccc(N3C[C@H](CNC(C)=O)OC3=O)cc2)C1. The highest BCUT2D eigenvalue weighted by molar-refractivity contribution is 5.89. The Balaban J connectivity index is 1.47. The molecule has 2 amide bonds. The highest BCUT2D eigenvalue weighted by Crippen LogP contribution is 2.61. The number of hydrogen-bond donors (Lipinski definition) is 2. The molecule has 3 aliphatic rings. The van der Waals surface area contributed by atoms with Gasteiger partial charge in [0.05, 0.1) is 13.1 Å². The minimum Gasteiger partial charge on any atom is -0.442 e. The van der Waals surface area contributed by atoms with Crippen LogP contribution in [0, 0.1) is 0 Å². The maximum absolute atomic E-state index is 12.3. The van der Waals surface area contributed by atoms with Gasteiger partial charge >= 0.3 is 6.09 Å². The lowest BCUT2D eigenvalue weighted by atomic mass is 9.93. The maximum Gasteiger partial charge on any atom is 0.414 e. The minimum atomic E-state index is -0.392. The van der Waals surface area contributed by atoms with E-state index in [0.29, 0.717) is 13.1 Å². The summed E-state index contributed by atoms with van der Waals surface area (Å²) in [5.41, 5.74) is 9.73. The number of anilines is 1. The zero-order valence-electron chi connectivity index (χ0n) is 20.5. The van der Waals surface area contributed by atoms with Crippen LogP contribution in [-0.2, 0) is 14.9 Å². The minimum absolute atomic E-state index is 0.108. The number of benzene rings is 1. The van der Waals surface area contributed by atoms with Gasteiger partial charge in [-0.1, -0.05) is 23.8 Å². The lowest BCUT2D eigenvalue weighted by Crippen LogP contribution is -2.34. The number of piperidine rings is 1. The fourth-order valence-corrected chi connectivity index (χ4v) is 5.10. The molecule has 0 radical (unpaired) electrons. The first-order valence-corrected chi connectivity index (χ1v) is 11.9. The zero-order chi connectivity index (χ0) is 24.5. The second-order valence-electron chi connectivity index (χ2n) is 9.66. The molecule has 1 saturated carbocycles. The van der Waals surface area contributed by atoms with Crippen molar-refractivity contribution >= 4 is 23.9 Å². The van der Waals surface area contributed by atoms with Gasteiger partial charge < -0.3 is 20.7 Å². The Bertz CT molecular complexity index is 1050. The summed E-state index contributed by atoms with van der Waals surface area (Å²) in [7, 11) is 0. The topological polar surface area (TPSA) is 100 Å². The van der Waals surface area contributed by atoms with Crippen molar-refractivity contribution in [3.8, 4) is 0 Å². The van der Waals surface area contributed by atoms with Crippen molar-refractivity contribution in [2.24, 2.45) is 10.7 Å². The van der Waals surface area contributed by atoms with E-state index in [0.717, 1.165) is 37.4 Å². The summed E-state index contributed by atoms with van der Waals surface area (Å²) < 4.78 is 5.39. The highest BCUT2D eigenvalue weighted by Gasteiger charge is 2.71. The summed E-state index contributed by atoms with van der Waals surface area (Å²) in [4.78, 5) is 32.0. The zero-order valence-corrected chi connectivity index (χ0v) is 20.5. The Labute approximate surface area is 201 Å². The number of cyclic esters (lactones) is 1. The van der Waals surface area contributed by atoms with E-state index in [1.54, 1.807) is 4.90 Å². The summed E-state index contributed by atoms with van der Waals surface area (Å²) in [6, 6.07) is 8.09. The Morgan fingerprint density at radius 2 is 2.00 bits per heavy atom. The standard InChI is InChI=1S/C26H35N5O3/c1-5-18(3)7-12-23(28-6-2)30-16-25(15-26(25,27)17-30)20-8-10-21(11-9-20)31-14-22(34-24(31)33)13-29-19(4)32/h5-6,8-12,22H,7,13-17,27H2,1-4H3,(H,29,32)/b18-5-,23-12+,28-6-/t22-,25-,26-/m0/s1. The number of hydrogen-bond acceptors (Lipinski definition) is 6. The van der Waals surface area contributed by atoms with Crippen LogP contribution in [0.15, 0.2) is 52.8 Å². The third-order valence-corrected chi connectivity index (χ3v) is 7.25. The third-order valence-electron chi connectivity index (χ3n) is 7.25. The number of allylic oxidation sites excluding steroid dienone is 3. The van der Waals surface area contributed by atoms with Crippen molar-refractivity contribution in [3.63, 3.8) is 0 Å². The van der Waals surface area contributed by atoms with Crippen molar-refractivity contribution in [3.05, 3.63) is 53.4 Å². The molecule has 0 aromatic heterocycles. The van der Waals surface area contributed by atoms with Gasteiger partial charge in [0, 0.05) is 42.9 Å². The third kappa shape index (κ3) is 4.46. The van der Waals surface area contributed by atoms with Gasteiger partial charge in [0.2, 0.25) is 5.91 Å². The first-order chi connectivity index (χ1) is 16.2. The monoisotopic (exact) mass is 465 g/mol. The summed E-state index contributed by atoms with van der Waals surface area (Å²) in [5.74, 6) is 0.833. The molecule has 0 bridgehead atoms. The van der Waals surface area contributed by atoms with Crippen molar-refractivity contribution in [2.45, 2.75) is 57.6 Å². The predicted molar refractivity (Wildman–Crippen MR) is 134 cm³/mol. The Morgan fingerprint density at radius 1 is 1.26 bits per heavy atom. The number of amides is 2. The molecule has 3 N–H and O–H groups in total. The molecule has 3 fully saturated rings. The van der Waals surface area contributed by atoms with Crippen LogP contribution in [-0.4, -0.2) is 60.9 Å². The van der Waals surface area contributed by atoms with Gasteiger partial charge in [-0.2, -0.15) is 0 Å². The molecule has 1 aromatic rings. The molecule has 2 heterocycles. The van der Waals surface area contributed by atoms with Gasteiger partial charge in [-0.3, -0.25) is 9.69 Å². The number of aliphatic imine (C=N–C) groups is 1. The lowest BCUT2D eigenvalue weighted by Gasteiger charge is -2.24. The quantitative estimate of drug-likeness (QED) is 0.454. The van der Waals surface area contributed by atoms with Crippen molar-refractivity contribution < 1.29 is 14.3 Å². The van der Waals surface area contributed by atoms with Gasteiger partial charge in [0.25, 0.3) is 0 Å². The number of fused-ring (bicyclic) bond motifs is 1. The van der Waals surface area contributed by atoms with Crippen LogP contribution in [0.1, 0.15) is 46.1 Å². The summed E-state index contributed by atoms with van der Waals surface area (Å²) in [6.07, 6.45) is 7.20. The van der Waals surface area contributed by atoms with Gasteiger partial charge in [0.1, 0.15) is 11.9 Å². The van der Waals surface area contributed by atoms with Crippen LogP contribution in [0.3, 0.4) is 0 Å². The molecule has 0 unspecified atom stereocenters. The van der Waals surface area contributed by atoms with Crippen LogP contribution in [0.25, 0.3) is 0 Å². The molecule has 2 saturated heterocycles. The second-order valence-corrected chi connectivity index (χ2v) is 9.66. The van der Waals surface area contributed by atoms with Crippen LogP contribution < -0.4 is 16.0 Å². The van der Waals surface area contributed by atoms with E-state index >= 15 is 0 Å². The van der Waals surface area contributed by atoms with E-state index in [2.05, 4.69) is 53.3 Å². The Morgan fingerprint density at radius 3 is 2.65 bits per heavy atom. The van der Waals surface area contributed by atoms with Crippen LogP contribution >= 0.6 is 0 Å². The normalized spacial score (nSPS) is 29.0. The molecule has 2 aliphatic heterocycles. The average molecular weight is 466 g/mol. The number of likely N-dealkylation sites (tertiary alicyclic amines) is 1. The van der Waals surface area contributed by atoms with Gasteiger partial charge in [-0.05, 0) is 57.4 Å². The highest BCUT2D eigenvalue weighted by atomic mass is 16.6. The molecular formula is C26H35N5O3. The van der Waals surface area contributed by atoms with Crippen LogP contribution in [0.5, 0.6) is 0 Å². The number of carbonyl (C=O) groups is 2. The van der Waals surface area contributed by atoms with Gasteiger partial charge in [-0.25, -0.2) is 9.79 Å². The van der Waals surface area contributed by atoms with Crippen molar-refractivity contribution in [2.75, 3.05) is 31.1 Å². The van der Waals surface area contributed by atoms with Gasteiger partial charge in [0.15, 0.2) is 0 Å². The lowest BCUT2D eigenvalue weighted by molar-refractivity contribution is -0.119. The molecule has 8 nitrogen and oxygen atoms in total. The molecule has 0 spiro atoms. The number of ether oxygens (including phenoxy) is 1. The van der Waals surface area contributed by atoms with E-state index in [1.807, 2.05) is 25.3 Å². The van der Waals surface area contributed by atoms with Crippen molar-refractivity contribution in [1.82, 2.24) is 10.2 Å². The Hall–Kier alpha value is -3.13. The van der Waals surface area contributed by atoms with Gasteiger partial charge in [-0.15, -0.1) is 0 Å². The van der Waals surface area contributed by atoms with E-state index in [1.165, 1.54) is 18.1 Å². The van der Waals surface area contributed by atoms with Crippen molar-refractivity contribution in [1.29, 1.82) is 0 Å². The van der Waals surface area contributed by atoms with E-state index < -0.39 is 6.09 Å². The molecule has 34 heavy (non-hydrogen) atoms. The fraction of sp³-hybridized carbons (Fsp3) is 0.500. The molecule has 182 valence electrons. The number of carbonyl (C=O) groups excluding carboxylic acids is 2. The molecule has 8 heteroatoms. The molecular weight excluding hydrogens is 430 g/mol. The number of nitrogens with two attached hydrogens (primary N) is 1. The van der Waals surface area contributed by atoms with Crippen LogP contribution in [0.4, 0.5) is 10.5 Å². The number of nitrogens with one attached hydrogen (secondary N) is 1. The molecule has 3 atom stereocenters. The Kier molecular flexibility index (Phi) is 6.53. The number of nitrogens with zero attached hydrogens (tertiary/aromatic N) is 3. The first kappa shape index (κ1) is 24.0. The largest absolute Gasteiger partial charge is 0.442 e.